The van der Waals surface area contributed by atoms with Gasteiger partial charge in [-0.1, -0.05) is 93.9 Å². The second kappa shape index (κ2) is 7.97. The quantitative estimate of drug-likeness (QED) is 0.351. The molecule has 0 radical (unpaired) electrons. The number of rotatable bonds is 3. The Hall–Kier alpha value is -0.340. The standard InChI is InChI=1S/C16H8Cl6/c17-11-5-9(6-12(18)15(11)21)3-1-2-4-10-7-13(19)16(22)14(20)8-10/h1-8H/b3-1+,4-2+. The zero-order valence-corrected chi connectivity index (χ0v) is 15.4. The summed E-state index contributed by atoms with van der Waals surface area (Å²) in [5.41, 5.74) is 1.69. The van der Waals surface area contributed by atoms with Crippen LogP contribution in [0.25, 0.3) is 12.2 Å². The fraction of sp³-hybridized carbons (Fsp3) is 0. The van der Waals surface area contributed by atoms with Crippen molar-refractivity contribution in [2.45, 2.75) is 0 Å². The molecule has 0 atom stereocenters. The van der Waals surface area contributed by atoms with Crippen LogP contribution >= 0.6 is 69.6 Å². The fourth-order valence-electron chi connectivity index (χ4n) is 1.68. The maximum atomic E-state index is 5.97. The third kappa shape index (κ3) is 4.58. The van der Waals surface area contributed by atoms with E-state index in [4.69, 9.17) is 69.6 Å². The number of hydrogen-bond donors (Lipinski definition) is 0. The summed E-state index contributed by atoms with van der Waals surface area (Å²) in [5, 5.41) is 2.34. The van der Waals surface area contributed by atoms with Crippen molar-refractivity contribution in [1.29, 1.82) is 0 Å². The van der Waals surface area contributed by atoms with Crippen LogP contribution in [0.15, 0.2) is 36.4 Å². The van der Waals surface area contributed by atoms with Gasteiger partial charge in [0.15, 0.2) is 0 Å². The average Bonchev–Trinajstić information content (AvgIpc) is 2.46. The summed E-state index contributed by atoms with van der Waals surface area (Å²) in [6, 6.07) is 6.93. The summed E-state index contributed by atoms with van der Waals surface area (Å²) in [4.78, 5) is 0. The van der Waals surface area contributed by atoms with E-state index < -0.39 is 0 Å². The van der Waals surface area contributed by atoms with E-state index in [9.17, 15) is 0 Å². The lowest BCUT2D eigenvalue weighted by atomic mass is 10.2. The second-order valence-electron chi connectivity index (χ2n) is 4.32. The van der Waals surface area contributed by atoms with Crippen molar-refractivity contribution in [3.8, 4) is 0 Å². The van der Waals surface area contributed by atoms with Gasteiger partial charge in [-0.2, -0.15) is 0 Å². The van der Waals surface area contributed by atoms with Gasteiger partial charge in [0.25, 0.3) is 0 Å². The molecule has 0 unspecified atom stereocenters. The van der Waals surface area contributed by atoms with Crippen LogP contribution in [0.3, 0.4) is 0 Å². The Balaban J connectivity index is 2.16. The van der Waals surface area contributed by atoms with Crippen LogP contribution in [0.5, 0.6) is 0 Å². The maximum absolute atomic E-state index is 5.97. The molecule has 6 heteroatoms. The van der Waals surface area contributed by atoms with Crippen molar-refractivity contribution < 1.29 is 0 Å². The van der Waals surface area contributed by atoms with E-state index in [1.54, 1.807) is 24.3 Å². The third-order valence-corrected chi connectivity index (χ3v) is 5.09. The first kappa shape index (κ1) is 18.0. The number of allylic oxidation sites excluding steroid dienone is 2. The molecular weight excluding hydrogens is 405 g/mol. The van der Waals surface area contributed by atoms with E-state index in [0.717, 1.165) is 11.1 Å². The molecular formula is C16H8Cl6. The minimum atomic E-state index is 0.349. The van der Waals surface area contributed by atoms with Gasteiger partial charge in [0, 0.05) is 0 Å². The van der Waals surface area contributed by atoms with Gasteiger partial charge >= 0.3 is 0 Å². The molecule has 0 bridgehead atoms. The van der Waals surface area contributed by atoms with Crippen LogP contribution in [-0.4, -0.2) is 0 Å². The Bertz CT molecular complexity index is 650. The molecule has 2 aromatic rings. The summed E-state index contributed by atoms with van der Waals surface area (Å²) < 4.78 is 0. The molecule has 22 heavy (non-hydrogen) atoms. The zero-order chi connectivity index (χ0) is 16.3. The Morgan fingerprint density at radius 3 is 1.05 bits per heavy atom. The fourth-order valence-corrected chi connectivity index (χ4v) is 2.90. The Kier molecular flexibility index (Phi) is 6.52. The van der Waals surface area contributed by atoms with Gasteiger partial charge in [-0.25, -0.2) is 0 Å². The lowest BCUT2D eigenvalue weighted by molar-refractivity contribution is 1.64. The zero-order valence-electron chi connectivity index (χ0n) is 10.9. The maximum Gasteiger partial charge on any atom is 0.0778 e. The van der Waals surface area contributed by atoms with E-state index in [2.05, 4.69) is 0 Å². The molecule has 2 rings (SSSR count). The lowest BCUT2D eigenvalue weighted by Crippen LogP contribution is -1.77. The molecule has 0 saturated heterocycles. The van der Waals surface area contributed by atoms with Gasteiger partial charge < -0.3 is 0 Å². The van der Waals surface area contributed by atoms with E-state index in [1.807, 2.05) is 24.3 Å². The third-order valence-electron chi connectivity index (χ3n) is 2.70. The van der Waals surface area contributed by atoms with Crippen molar-refractivity contribution >= 4 is 81.8 Å². The first-order valence-electron chi connectivity index (χ1n) is 6.02. The van der Waals surface area contributed by atoms with Crippen LogP contribution in [0.1, 0.15) is 11.1 Å². The normalized spacial score (nSPS) is 11.7. The highest BCUT2D eigenvalue weighted by atomic mass is 35.5. The molecule has 0 saturated carbocycles. The molecule has 0 nitrogen and oxygen atoms in total. The lowest BCUT2D eigenvalue weighted by Gasteiger charge is -2.01. The largest absolute Gasteiger partial charge is 0.0826 e. The Labute approximate surface area is 158 Å². The van der Waals surface area contributed by atoms with Crippen molar-refractivity contribution in [3.05, 3.63) is 77.7 Å². The van der Waals surface area contributed by atoms with E-state index >= 15 is 0 Å². The molecule has 0 fully saturated rings. The highest BCUT2D eigenvalue weighted by Crippen LogP contribution is 2.32. The van der Waals surface area contributed by atoms with Crippen molar-refractivity contribution in [3.63, 3.8) is 0 Å². The average molecular weight is 413 g/mol. The molecule has 0 aliphatic rings. The smallest absolute Gasteiger partial charge is 0.0778 e. The summed E-state index contributed by atoms with van der Waals surface area (Å²) in [6.45, 7) is 0. The Morgan fingerprint density at radius 2 is 0.773 bits per heavy atom. The molecule has 0 heterocycles. The van der Waals surface area contributed by atoms with Crippen molar-refractivity contribution in [2.24, 2.45) is 0 Å². The highest BCUT2D eigenvalue weighted by molar-refractivity contribution is 6.48. The van der Waals surface area contributed by atoms with Crippen molar-refractivity contribution in [1.82, 2.24) is 0 Å². The minimum Gasteiger partial charge on any atom is -0.0826 e. The molecule has 2 aromatic carbocycles. The summed E-state index contributed by atoms with van der Waals surface area (Å²) >= 11 is 35.7. The molecule has 0 spiro atoms. The van der Waals surface area contributed by atoms with Crippen LogP contribution < -0.4 is 0 Å². The van der Waals surface area contributed by atoms with Crippen LogP contribution in [0.2, 0.25) is 30.1 Å². The second-order valence-corrected chi connectivity index (χ2v) is 6.70. The molecule has 0 aromatic heterocycles. The van der Waals surface area contributed by atoms with Crippen LogP contribution in [0.4, 0.5) is 0 Å². The van der Waals surface area contributed by atoms with Gasteiger partial charge in [-0.05, 0) is 35.4 Å². The monoisotopic (exact) mass is 410 g/mol. The summed E-state index contributed by atoms with van der Waals surface area (Å²) in [6.07, 6.45) is 7.38. The SMILES string of the molecule is Clc1cc(/C=C/C=C/c2cc(Cl)c(Cl)c(Cl)c2)cc(Cl)c1Cl. The van der Waals surface area contributed by atoms with E-state index in [0.29, 0.717) is 30.1 Å². The van der Waals surface area contributed by atoms with Gasteiger partial charge in [-0.15, -0.1) is 0 Å². The molecule has 0 aliphatic carbocycles. The topological polar surface area (TPSA) is 0 Å². The predicted octanol–water partition coefficient (Wildman–Crippen LogP) is 8.33. The first-order chi connectivity index (χ1) is 10.4. The van der Waals surface area contributed by atoms with Gasteiger partial charge in [0.1, 0.15) is 0 Å². The number of halogens is 6. The van der Waals surface area contributed by atoms with Gasteiger partial charge in [-0.3, -0.25) is 0 Å². The molecule has 0 amide bonds. The summed E-state index contributed by atoms with van der Waals surface area (Å²) in [5.74, 6) is 0. The Morgan fingerprint density at radius 1 is 0.500 bits per heavy atom. The molecule has 0 aliphatic heterocycles. The van der Waals surface area contributed by atoms with E-state index in [1.165, 1.54) is 0 Å². The number of hydrogen-bond acceptors (Lipinski definition) is 0. The minimum absolute atomic E-state index is 0.349. The van der Waals surface area contributed by atoms with Crippen LogP contribution in [-0.2, 0) is 0 Å². The highest BCUT2D eigenvalue weighted by Gasteiger charge is 2.04. The van der Waals surface area contributed by atoms with E-state index in [-0.39, 0.29) is 0 Å². The molecule has 114 valence electrons. The van der Waals surface area contributed by atoms with Gasteiger partial charge in [0.2, 0.25) is 0 Å². The summed E-state index contributed by atoms with van der Waals surface area (Å²) in [7, 11) is 0. The molecule has 0 N–H and O–H groups in total. The van der Waals surface area contributed by atoms with Crippen molar-refractivity contribution in [2.75, 3.05) is 0 Å². The van der Waals surface area contributed by atoms with Crippen LogP contribution in [0, 0.1) is 0 Å². The number of benzene rings is 2. The first-order valence-corrected chi connectivity index (χ1v) is 8.29. The van der Waals surface area contributed by atoms with Gasteiger partial charge in [0.05, 0.1) is 30.1 Å². The predicted molar refractivity (Wildman–Crippen MR) is 101 cm³/mol.